The topological polar surface area (TPSA) is 66.4 Å². The van der Waals surface area contributed by atoms with E-state index >= 15 is 0 Å². The van der Waals surface area contributed by atoms with Crippen LogP contribution < -0.4 is 5.32 Å². The largest absolute Gasteiger partial charge is 0.480 e. The highest BCUT2D eigenvalue weighted by Crippen LogP contribution is 2.15. The second kappa shape index (κ2) is 10.2. The van der Waals surface area contributed by atoms with Gasteiger partial charge in [-0.2, -0.15) is 0 Å². The molecule has 0 aliphatic rings. The molecule has 0 saturated carbocycles. The molecular formula is C17H24ClNO3. The van der Waals surface area contributed by atoms with Crippen LogP contribution in [0.2, 0.25) is 5.02 Å². The molecule has 22 heavy (non-hydrogen) atoms. The Morgan fingerprint density at radius 2 is 1.77 bits per heavy atom. The Balaban J connectivity index is 2.45. The number of nitrogens with one attached hydrogen (secondary N) is 1. The molecule has 0 aliphatic heterocycles. The quantitative estimate of drug-likeness (QED) is 0.631. The van der Waals surface area contributed by atoms with Gasteiger partial charge in [-0.3, -0.25) is 4.79 Å². The molecular weight excluding hydrogens is 302 g/mol. The van der Waals surface area contributed by atoms with Gasteiger partial charge in [0.1, 0.15) is 6.04 Å². The van der Waals surface area contributed by atoms with Crippen LogP contribution >= 0.6 is 11.6 Å². The van der Waals surface area contributed by atoms with Crippen molar-refractivity contribution in [2.75, 3.05) is 0 Å². The Morgan fingerprint density at radius 1 is 1.14 bits per heavy atom. The first-order chi connectivity index (χ1) is 10.6. The smallest absolute Gasteiger partial charge is 0.326 e. The maximum Gasteiger partial charge on any atom is 0.326 e. The molecule has 0 fully saturated rings. The number of carboxylic acid groups (broad SMARTS) is 1. The van der Waals surface area contributed by atoms with E-state index in [-0.39, 0.29) is 0 Å². The minimum atomic E-state index is -1.01. The molecule has 0 spiro atoms. The molecule has 0 radical (unpaired) electrons. The van der Waals surface area contributed by atoms with Gasteiger partial charge in [0.2, 0.25) is 0 Å². The van der Waals surface area contributed by atoms with Crippen LogP contribution in [0.1, 0.15) is 62.2 Å². The average Bonchev–Trinajstić information content (AvgIpc) is 2.49. The van der Waals surface area contributed by atoms with E-state index in [9.17, 15) is 14.7 Å². The third-order valence-corrected chi connectivity index (χ3v) is 3.90. The lowest BCUT2D eigenvalue weighted by atomic mass is 10.1. The molecule has 0 unspecified atom stereocenters. The maximum absolute atomic E-state index is 12.1. The first-order valence-corrected chi connectivity index (χ1v) is 8.22. The van der Waals surface area contributed by atoms with Gasteiger partial charge >= 0.3 is 5.97 Å². The molecule has 1 rings (SSSR count). The zero-order chi connectivity index (χ0) is 16.4. The molecule has 1 aromatic rings. The van der Waals surface area contributed by atoms with E-state index in [1.807, 2.05) is 0 Å². The number of amides is 1. The molecule has 4 nitrogen and oxygen atoms in total. The van der Waals surface area contributed by atoms with Gasteiger partial charge in [0, 0.05) is 0 Å². The van der Waals surface area contributed by atoms with Gasteiger partial charge in [0.15, 0.2) is 0 Å². The fourth-order valence-corrected chi connectivity index (χ4v) is 2.49. The first kappa shape index (κ1) is 18.5. The van der Waals surface area contributed by atoms with Crippen LogP contribution in [-0.2, 0) is 4.79 Å². The molecule has 2 N–H and O–H groups in total. The highest BCUT2D eigenvalue weighted by Gasteiger charge is 2.21. The molecule has 1 atom stereocenters. The van der Waals surface area contributed by atoms with Crippen molar-refractivity contribution < 1.29 is 14.7 Å². The van der Waals surface area contributed by atoms with Crippen LogP contribution in [0.25, 0.3) is 0 Å². The Morgan fingerprint density at radius 3 is 2.41 bits per heavy atom. The van der Waals surface area contributed by atoms with Gasteiger partial charge in [-0.25, -0.2) is 4.79 Å². The number of halogens is 1. The summed E-state index contributed by atoms with van der Waals surface area (Å²) in [5.41, 5.74) is 0.304. The summed E-state index contributed by atoms with van der Waals surface area (Å²) >= 11 is 5.95. The monoisotopic (exact) mass is 325 g/mol. The van der Waals surface area contributed by atoms with E-state index in [4.69, 9.17) is 11.6 Å². The number of aliphatic carboxylic acids is 1. The Hall–Kier alpha value is -1.55. The standard InChI is InChI=1S/C17H24ClNO3/c1-2-3-4-5-6-7-12-15(17(21)22)19-16(20)13-10-8-9-11-14(13)18/h8-11,15H,2-7,12H2,1H3,(H,19,20)(H,21,22)/t15-/m0/s1. The van der Waals surface area contributed by atoms with Crippen molar-refractivity contribution in [3.8, 4) is 0 Å². The number of benzene rings is 1. The minimum Gasteiger partial charge on any atom is -0.480 e. The van der Waals surface area contributed by atoms with Crippen LogP contribution in [0.5, 0.6) is 0 Å². The summed E-state index contributed by atoms with van der Waals surface area (Å²) in [6.45, 7) is 2.16. The highest BCUT2D eigenvalue weighted by molar-refractivity contribution is 6.33. The Labute approximate surface area is 136 Å². The van der Waals surface area contributed by atoms with E-state index < -0.39 is 17.9 Å². The molecule has 1 amide bonds. The van der Waals surface area contributed by atoms with Crippen LogP contribution in [0.15, 0.2) is 24.3 Å². The molecule has 0 bridgehead atoms. The van der Waals surface area contributed by atoms with Crippen molar-refractivity contribution in [3.05, 3.63) is 34.9 Å². The molecule has 0 heterocycles. The van der Waals surface area contributed by atoms with E-state index in [1.54, 1.807) is 24.3 Å². The van der Waals surface area contributed by atoms with Crippen LogP contribution in [-0.4, -0.2) is 23.0 Å². The van der Waals surface area contributed by atoms with Crippen LogP contribution in [0.3, 0.4) is 0 Å². The molecule has 0 aliphatic carbocycles. The van der Waals surface area contributed by atoms with Gasteiger partial charge in [0.25, 0.3) is 5.91 Å². The van der Waals surface area contributed by atoms with Crippen molar-refractivity contribution in [3.63, 3.8) is 0 Å². The van der Waals surface area contributed by atoms with Crippen molar-refractivity contribution in [2.24, 2.45) is 0 Å². The Bertz CT molecular complexity index is 491. The lowest BCUT2D eigenvalue weighted by Crippen LogP contribution is -2.40. The summed E-state index contributed by atoms with van der Waals surface area (Å²) in [6, 6.07) is 5.75. The lowest BCUT2D eigenvalue weighted by Gasteiger charge is -2.15. The number of carboxylic acids is 1. The van der Waals surface area contributed by atoms with E-state index in [1.165, 1.54) is 19.3 Å². The van der Waals surface area contributed by atoms with E-state index in [0.717, 1.165) is 19.3 Å². The number of rotatable bonds is 10. The number of carbonyl (C=O) groups excluding carboxylic acids is 1. The lowest BCUT2D eigenvalue weighted by molar-refractivity contribution is -0.139. The fourth-order valence-electron chi connectivity index (χ4n) is 2.27. The van der Waals surface area contributed by atoms with Gasteiger partial charge < -0.3 is 10.4 Å². The summed E-state index contributed by atoms with van der Waals surface area (Å²) < 4.78 is 0. The summed E-state index contributed by atoms with van der Waals surface area (Å²) in [7, 11) is 0. The maximum atomic E-state index is 12.1. The van der Waals surface area contributed by atoms with Gasteiger partial charge in [0.05, 0.1) is 10.6 Å². The third kappa shape index (κ3) is 6.48. The first-order valence-electron chi connectivity index (χ1n) is 7.84. The molecule has 122 valence electrons. The van der Waals surface area contributed by atoms with E-state index in [2.05, 4.69) is 12.2 Å². The molecule has 1 aromatic carbocycles. The van der Waals surface area contributed by atoms with Crippen LogP contribution in [0.4, 0.5) is 0 Å². The number of hydrogen-bond acceptors (Lipinski definition) is 2. The third-order valence-electron chi connectivity index (χ3n) is 3.57. The summed E-state index contributed by atoms with van der Waals surface area (Å²) in [5.74, 6) is -1.45. The summed E-state index contributed by atoms with van der Waals surface area (Å²) in [4.78, 5) is 23.4. The predicted octanol–water partition coefficient (Wildman–Crippen LogP) is 4.27. The normalized spacial score (nSPS) is 11.9. The number of carbonyl (C=O) groups is 2. The second-order valence-electron chi connectivity index (χ2n) is 5.40. The van der Waals surface area contributed by atoms with Crippen molar-refractivity contribution in [1.82, 2.24) is 5.32 Å². The fraction of sp³-hybridized carbons (Fsp3) is 0.529. The van der Waals surface area contributed by atoms with Crippen molar-refractivity contribution in [2.45, 2.75) is 57.9 Å². The van der Waals surface area contributed by atoms with Crippen LogP contribution in [0, 0.1) is 0 Å². The summed E-state index contributed by atoms with van der Waals surface area (Å²) in [5, 5.41) is 12.1. The SMILES string of the molecule is CCCCCCCC[C@H](NC(=O)c1ccccc1Cl)C(=O)O. The van der Waals surface area contributed by atoms with E-state index in [0.29, 0.717) is 17.0 Å². The van der Waals surface area contributed by atoms with Crippen molar-refractivity contribution >= 4 is 23.5 Å². The van der Waals surface area contributed by atoms with Gasteiger partial charge in [-0.15, -0.1) is 0 Å². The number of hydrogen-bond donors (Lipinski definition) is 2. The molecule has 0 saturated heterocycles. The van der Waals surface area contributed by atoms with Crippen molar-refractivity contribution in [1.29, 1.82) is 0 Å². The second-order valence-corrected chi connectivity index (χ2v) is 5.81. The summed E-state index contributed by atoms with van der Waals surface area (Å²) in [6.07, 6.45) is 6.92. The molecule has 0 aromatic heterocycles. The highest BCUT2D eigenvalue weighted by atomic mass is 35.5. The van der Waals surface area contributed by atoms with Gasteiger partial charge in [-0.1, -0.05) is 69.2 Å². The predicted molar refractivity (Wildman–Crippen MR) is 88.3 cm³/mol. The zero-order valence-corrected chi connectivity index (χ0v) is 13.7. The zero-order valence-electron chi connectivity index (χ0n) is 13.0. The Kier molecular flexibility index (Phi) is 8.60. The molecule has 5 heteroatoms. The van der Waals surface area contributed by atoms with Gasteiger partial charge in [-0.05, 0) is 18.6 Å². The minimum absolute atomic E-state index is 0.304. The average molecular weight is 326 g/mol. The number of unbranched alkanes of at least 4 members (excludes halogenated alkanes) is 5.